The van der Waals surface area contributed by atoms with Crippen LogP contribution in [0.4, 0.5) is 0 Å². The molecule has 0 saturated heterocycles. The van der Waals surface area contributed by atoms with Crippen LogP contribution in [0.15, 0.2) is 81.5 Å². The van der Waals surface area contributed by atoms with Crippen molar-refractivity contribution in [2.75, 3.05) is 27.1 Å². The smallest absolute Gasteiger partial charge is 0.257 e. The zero-order chi connectivity index (χ0) is 25.1. The summed E-state index contributed by atoms with van der Waals surface area (Å²) < 4.78 is 22.2. The molecule has 0 saturated carbocycles. The minimum absolute atomic E-state index is 0.120. The Hall–Kier alpha value is -3.98. The van der Waals surface area contributed by atoms with Gasteiger partial charge < -0.3 is 18.6 Å². The second-order valence-electron chi connectivity index (χ2n) is 8.05. The van der Waals surface area contributed by atoms with Crippen molar-refractivity contribution in [3.63, 3.8) is 0 Å². The van der Waals surface area contributed by atoms with E-state index in [-0.39, 0.29) is 17.7 Å². The number of rotatable bonds is 8. The number of ether oxygens (including phenoxy) is 3. The molecule has 2 heterocycles. The predicted octanol–water partition coefficient (Wildman–Crippen LogP) is 5.32. The van der Waals surface area contributed by atoms with Gasteiger partial charge in [-0.15, -0.1) is 0 Å². The number of oxazole rings is 1. The van der Waals surface area contributed by atoms with Crippen molar-refractivity contribution in [2.45, 2.75) is 17.7 Å². The fourth-order valence-corrected chi connectivity index (χ4v) is 4.91. The van der Waals surface area contributed by atoms with E-state index >= 15 is 0 Å². The summed E-state index contributed by atoms with van der Waals surface area (Å²) in [5.74, 6) is 1.89. The van der Waals surface area contributed by atoms with Gasteiger partial charge in [-0.05, 0) is 48.0 Å². The first-order valence-corrected chi connectivity index (χ1v) is 12.3. The van der Waals surface area contributed by atoms with E-state index in [1.807, 2.05) is 66.7 Å². The van der Waals surface area contributed by atoms with Crippen LogP contribution in [0.2, 0.25) is 0 Å². The van der Waals surface area contributed by atoms with E-state index in [0.29, 0.717) is 28.7 Å². The second kappa shape index (κ2) is 10.3. The molecule has 1 aromatic heterocycles. The van der Waals surface area contributed by atoms with Crippen molar-refractivity contribution in [2.24, 2.45) is 5.10 Å². The Morgan fingerprint density at radius 1 is 1.00 bits per heavy atom. The van der Waals surface area contributed by atoms with Crippen LogP contribution in [0.1, 0.15) is 23.6 Å². The lowest BCUT2D eigenvalue weighted by Gasteiger charge is -2.24. The molecule has 0 N–H and O–H groups in total. The third-order valence-corrected chi connectivity index (χ3v) is 6.79. The Labute approximate surface area is 212 Å². The molecule has 1 aliphatic rings. The topological polar surface area (TPSA) is 86.4 Å². The fraction of sp³-hybridized carbons (Fsp3) is 0.222. The molecule has 0 fully saturated rings. The summed E-state index contributed by atoms with van der Waals surface area (Å²) in [5.41, 5.74) is 3.99. The van der Waals surface area contributed by atoms with Crippen LogP contribution in [0.3, 0.4) is 0 Å². The van der Waals surface area contributed by atoms with Gasteiger partial charge in [0.2, 0.25) is 0 Å². The minimum atomic E-state index is -0.358. The lowest BCUT2D eigenvalue weighted by atomic mass is 9.97. The number of carbonyl (C=O) groups excluding carboxylic acids is 1. The van der Waals surface area contributed by atoms with E-state index in [0.717, 1.165) is 28.1 Å². The highest BCUT2D eigenvalue weighted by Gasteiger charge is 2.35. The van der Waals surface area contributed by atoms with Crippen molar-refractivity contribution in [1.29, 1.82) is 0 Å². The number of benzene rings is 3. The Morgan fingerprint density at radius 2 is 1.81 bits per heavy atom. The quantitative estimate of drug-likeness (QED) is 0.301. The molecule has 0 radical (unpaired) electrons. The highest BCUT2D eigenvalue weighted by molar-refractivity contribution is 7.99. The maximum Gasteiger partial charge on any atom is 0.257 e. The van der Waals surface area contributed by atoms with Crippen LogP contribution >= 0.6 is 11.8 Å². The molecule has 1 amide bonds. The number of fused-ring (bicyclic) bond motifs is 1. The average molecular weight is 504 g/mol. The fourth-order valence-electron chi connectivity index (χ4n) is 4.22. The maximum atomic E-state index is 13.5. The summed E-state index contributed by atoms with van der Waals surface area (Å²) in [4.78, 5) is 17.9. The molecule has 8 nitrogen and oxygen atoms in total. The number of hydrogen-bond donors (Lipinski definition) is 0. The molecule has 3 aromatic carbocycles. The summed E-state index contributed by atoms with van der Waals surface area (Å²) in [5, 5.41) is 6.73. The second-order valence-corrected chi connectivity index (χ2v) is 8.98. The van der Waals surface area contributed by atoms with Gasteiger partial charge in [-0.25, -0.2) is 9.99 Å². The number of hydrazone groups is 1. The number of methoxy groups -OCH3 is 3. The lowest BCUT2D eigenvalue weighted by molar-refractivity contribution is -0.130. The SMILES string of the molecule is COc1ccc(C2=NN(C(=O)CSc3nc4ccccc4o3)[C@@H](c3cccc(OC)c3OC)C2)cc1. The molecule has 184 valence electrons. The molecule has 36 heavy (non-hydrogen) atoms. The highest BCUT2D eigenvalue weighted by atomic mass is 32.2. The zero-order valence-corrected chi connectivity index (χ0v) is 21.0. The molecule has 0 bridgehead atoms. The van der Waals surface area contributed by atoms with E-state index in [4.69, 9.17) is 23.7 Å². The standard InChI is InChI=1S/C27H25N3O5S/c1-32-18-13-11-17(12-14-18)21-15-22(19-7-6-10-24(33-2)26(19)34-3)30(29-21)25(31)16-36-27-28-20-8-4-5-9-23(20)35-27/h4-14,22H,15-16H2,1-3H3/t22-/m1/s1. The molecule has 1 atom stereocenters. The van der Waals surface area contributed by atoms with E-state index in [1.54, 1.807) is 21.3 Å². The van der Waals surface area contributed by atoms with E-state index < -0.39 is 0 Å². The Morgan fingerprint density at radius 3 is 2.53 bits per heavy atom. The van der Waals surface area contributed by atoms with Crippen LogP contribution in [-0.2, 0) is 4.79 Å². The Bertz CT molecular complexity index is 1380. The molecular weight excluding hydrogens is 478 g/mol. The van der Waals surface area contributed by atoms with Gasteiger partial charge in [-0.1, -0.05) is 36.0 Å². The van der Waals surface area contributed by atoms with Gasteiger partial charge in [0.15, 0.2) is 17.1 Å². The van der Waals surface area contributed by atoms with Gasteiger partial charge in [0.1, 0.15) is 11.3 Å². The van der Waals surface area contributed by atoms with Crippen molar-refractivity contribution in [1.82, 2.24) is 9.99 Å². The van der Waals surface area contributed by atoms with Crippen molar-refractivity contribution >= 4 is 34.5 Å². The first kappa shape index (κ1) is 23.7. The first-order chi connectivity index (χ1) is 17.6. The molecule has 0 spiro atoms. The van der Waals surface area contributed by atoms with Gasteiger partial charge in [-0.3, -0.25) is 4.79 Å². The van der Waals surface area contributed by atoms with Crippen LogP contribution in [-0.4, -0.2) is 48.7 Å². The molecule has 0 aliphatic carbocycles. The predicted molar refractivity (Wildman–Crippen MR) is 138 cm³/mol. The monoisotopic (exact) mass is 503 g/mol. The first-order valence-electron chi connectivity index (χ1n) is 11.3. The number of aromatic nitrogens is 1. The van der Waals surface area contributed by atoms with Crippen molar-refractivity contribution in [3.8, 4) is 17.2 Å². The number of thioether (sulfide) groups is 1. The van der Waals surface area contributed by atoms with Crippen molar-refractivity contribution < 1.29 is 23.4 Å². The summed E-state index contributed by atoms with van der Waals surface area (Å²) in [6.45, 7) is 0. The van der Waals surface area contributed by atoms with Crippen LogP contribution in [0, 0.1) is 0 Å². The summed E-state index contributed by atoms with van der Waals surface area (Å²) in [6, 6.07) is 20.5. The van der Waals surface area contributed by atoms with Gasteiger partial charge in [0, 0.05) is 12.0 Å². The number of para-hydroxylation sites is 3. The minimum Gasteiger partial charge on any atom is -0.497 e. The molecular formula is C27H25N3O5S. The molecule has 9 heteroatoms. The lowest BCUT2D eigenvalue weighted by Crippen LogP contribution is -2.29. The van der Waals surface area contributed by atoms with Gasteiger partial charge in [0.05, 0.1) is 38.8 Å². The summed E-state index contributed by atoms with van der Waals surface area (Å²) >= 11 is 1.25. The van der Waals surface area contributed by atoms with Crippen LogP contribution in [0.5, 0.6) is 17.2 Å². The summed E-state index contributed by atoms with van der Waals surface area (Å²) in [7, 11) is 4.81. The van der Waals surface area contributed by atoms with Gasteiger partial charge in [0.25, 0.3) is 11.1 Å². The number of nitrogens with zero attached hydrogens (tertiary/aromatic N) is 3. The zero-order valence-electron chi connectivity index (χ0n) is 20.1. The van der Waals surface area contributed by atoms with Crippen molar-refractivity contribution in [3.05, 3.63) is 77.9 Å². The molecule has 1 aliphatic heterocycles. The number of hydrogen-bond acceptors (Lipinski definition) is 8. The number of amides is 1. The largest absolute Gasteiger partial charge is 0.497 e. The third kappa shape index (κ3) is 4.61. The van der Waals surface area contributed by atoms with Crippen LogP contribution < -0.4 is 14.2 Å². The highest BCUT2D eigenvalue weighted by Crippen LogP contribution is 2.42. The summed E-state index contributed by atoms with van der Waals surface area (Å²) in [6.07, 6.45) is 0.523. The molecule has 5 rings (SSSR count). The molecule has 0 unspecified atom stereocenters. The van der Waals surface area contributed by atoms with E-state index in [9.17, 15) is 4.79 Å². The van der Waals surface area contributed by atoms with Gasteiger partial charge >= 0.3 is 0 Å². The van der Waals surface area contributed by atoms with E-state index in [1.165, 1.54) is 16.8 Å². The maximum absolute atomic E-state index is 13.5. The number of carbonyl (C=O) groups is 1. The van der Waals surface area contributed by atoms with Crippen LogP contribution in [0.25, 0.3) is 11.1 Å². The Kier molecular flexibility index (Phi) is 6.81. The Balaban J connectivity index is 1.44. The average Bonchev–Trinajstić information content (AvgIpc) is 3.56. The third-order valence-electron chi connectivity index (χ3n) is 5.97. The molecule has 4 aromatic rings. The normalized spacial score (nSPS) is 15.1. The van der Waals surface area contributed by atoms with Gasteiger partial charge in [-0.2, -0.15) is 5.10 Å². The van der Waals surface area contributed by atoms with E-state index in [2.05, 4.69) is 4.98 Å².